The Morgan fingerprint density at radius 1 is 0.508 bits per heavy atom. The zero-order chi connectivity index (χ0) is 40.5. The predicted octanol–water partition coefficient (Wildman–Crippen LogP) is 14.5. The van der Waals surface area contributed by atoms with Gasteiger partial charge < -0.3 is 13.6 Å². The summed E-state index contributed by atoms with van der Waals surface area (Å²) in [6, 6.07) is 58.1. The molecule has 0 unspecified atom stereocenters. The van der Waals surface area contributed by atoms with E-state index >= 15 is 0 Å². The van der Waals surface area contributed by atoms with E-state index in [2.05, 4.69) is 161 Å². The minimum Gasteiger partial charge on any atom is -0.456 e. The molecule has 0 saturated carbocycles. The Morgan fingerprint density at radius 3 is 1.93 bits per heavy atom. The van der Waals surface area contributed by atoms with Crippen molar-refractivity contribution in [2.75, 3.05) is 0 Å². The van der Waals surface area contributed by atoms with E-state index in [0.717, 1.165) is 93.9 Å². The van der Waals surface area contributed by atoms with Crippen molar-refractivity contribution in [1.29, 1.82) is 0 Å². The molecule has 0 saturated heterocycles. The van der Waals surface area contributed by atoms with Crippen molar-refractivity contribution in [2.45, 2.75) is 6.92 Å². The molecule has 0 atom stereocenters. The standard InChI is InChI=1S/C56H35N3O2/c1-3-15-46-36(4-2)44-28-34(29-45-37-18-8-9-21-40(37)56(60)59(46)55(44)45)33-26-27-41-53(30-33)61-52-25-14-24-49(54(41)52)58-48-23-13-11-20-39(48)43-31-42-38-19-10-12-22-47(38)57(50(42)32-51(43)58)35-16-6-5-7-17-35/h3-32H,2H2,1H3/b15-3-. The van der Waals surface area contributed by atoms with Crippen LogP contribution in [0.5, 0.6) is 0 Å². The third-order valence-corrected chi connectivity index (χ3v) is 12.8. The fraction of sp³-hybridized carbons (Fsp3) is 0.0179. The highest BCUT2D eigenvalue weighted by Crippen LogP contribution is 2.44. The average molecular weight is 782 g/mol. The number of pyridine rings is 1. The van der Waals surface area contributed by atoms with Gasteiger partial charge in [0.15, 0.2) is 0 Å². The molecule has 0 aliphatic rings. The molecule has 0 N–H and O–H groups in total. The Labute approximate surface area is 348 Å². The molecule has 13 aromatic rings. The van der Waals surface area contributed by atoms with Crippen LogP contribution in [0.3, 0.4) is 0 Å². The number of fused-ring (bicyclic) bond motifs is 11. The Bertz CT molecular complexity index is 4100. The summed E-state index contributed by atoms with van der Waals surface area (Å²) in [6.45, 7) is 6.17. The Kier molecular flexibility index (Phi) is 6.89. The minimum atomic E-state index is -0.0206. The smallest absolute Gasteiger partial charge is 0.263 e. The molecule has 0 aliphatic heterocycles. The number of rotatable bonds is 5. The highest BCUT2D eigenvalue weighted by Gasteiger charge is 2.23. The number of furan rings is 1. The van der Waals surface area contributed by atoms with Gasteiger partial charge in [0, 0.05) is 54.3 Å². The largest absolute Gasteiger partial charge is 0.456 e. The summed E-state index contributed by atoms with van der Waals surface area (Å²) in [5, 5.41) is 10.6. The molecule has 0 aliphatic carbocycles. The van der Waals surface area contributed by atoms with Gasteiger partial charge in [0.25, 0.3) is 5.56 Å². The van der Waals surface area contributed by atoms with Crippen molar-refractivity contribution in [3.8, 4) is 22.5 Å². The van der Waals surface area contributed by atoms with Crippen LogP contribution < -0.4 is 5.56 Å². The summed E-state index contributed by atoms with van der Waals surface area (Å²) in [5.41, 5.74) is 13.2. The van der Waals surface area contributed by atoms with Gasteiger partial charge in [-0.25, -0.2) is 0 Å². The van der Waals surface area contributed by atoms with E-state index in [4.69, 9.17) is 4.42 Å². The van der Waals surface area contributed by atoms with Crippen molar-refractivity contribution in [3.05, 3.63) is 198 Å². The number of allylic oxidation sites excluding steroid dienone is 1. The number of hydrogen-bond acceptors (Lipinski definition) is 2. The molecule has 5 nitrogen and oxygen atoms in total. The van der Waals surface area contributed by atoms with E-state index in [1.165, 1.54) is 27.1 Å². The summed E-state index contributed by atoms with van der Waals surface area (Å²) in [4.78, 5) is 14.0. The van der Waals surface area contributed by atoms with Crippen LogP contribution >= 0.6 is 0 Å². The van der Waals surface area contributed by atoms with Crippen molar-refractivity contribution in [3.63, 3.8) is 0 Å². The molecule has 5 heteroatoms. The first-order chi connectivity index (χ1) is 30.1. The zero-order valence-electron chi connectivity index (χ0n) is 33.2. The molecule has 286 valence electrons. The molecule has 8 aromatic carbocycles. The zero-order valence-corrected chi connectivity index (χ0v) is 33.2. The lowest BCUT2D eigenvalue weighted by Crippen LogP contribution is -2.14. The molecule has 13 rings (SSSR count). The van der Waals surface area contributed by atoms with Crippen molar-refractivity contribution in [1.82, 2.24) is 13.5 Å². The highest BCUT2D eigenvalue weighted by molar-refractivity contribution is 6.21. The van der Waals surface area contributed by atoms with Gasteiger partial charge in [-0.3, -0.25) is 9.20 Å². The topological polar surface area (TPSA) is 44.5 Å². The molecule has 0 spiro atoms. The molecule has 0 bridgehead atoms. The lowest BCUT2D eigenvalue weighted by molar-refractivity contribution is 0.669. The molecule has 5 aromatic heterocycles. The van der Waals surface area contributed by atoms with Crippen molar-refractivity contribution in [2.24, 2.45) is 0 Å². The second-order valence-electron chi connectivity index (χ2n) is 16.0. The average Bonchev–Trinajstić information content (AvgIpc) is 4.03. The first kappa shape index (κ1) is 33.8. The van der Waals surface area contributed by atoms with Crippen LogP contribution in [0.25, 0.3) is 127 Å². The van der Waals surface area contributed by atoms with Gasteiger partial charge in [-0.15, -0.1) is 0 Å². The van der Waals surface area contributed by atoms with Gasteiger partial charge in [-0.1, -0.05) is 104 Å². The van der Waals surface area contributed by atoms with Crippen molar-refractivity contribution < 1.29 is 4.42 Å². The minimum absolute atomic E-state index is 0.0206. The van der Waals surface area contributed by atoms with E-state index < -0.39 is 0 Å². The summed E-state index contributed by atoms with van der Waals surface area (Å²) in [6.07, 6.45) is 5.86. The van der Waals surface area contributed by atoms with E-state index in [0.29, 0.717) is 5.39 Å². The summed E-state index contributed by atoms with van der Waals surface area (Å²) in [7, 11) is 0. The number of hydrogen-bond donors (Lipinski definition) is 0. The third-order valence-electron chi connectivity index (χ3n) is 12.8. The van der Waals surface area contributed by atoms with Gasteiger partial charge in [-0.05, 0) is 108 Å². The molecule has 0 fully saturated rings. The van der Waals surface area contributed by atoms with Gasteiger partial charge in [-0.2, -0.15) is 0 Å². The molecule has 5 heterocycles. The van der Waals surface area contributed by atoms with Crippen LogP contribution in [0.4, 0.5) is 0 Å². The number of aromatic nitrogens is 3. The second-order valence-corrected chi connectivity index (χ2v) is 16.0. The first-order valence-corrected chi connectivity index (χ1v) is 20.7. The van der Waals surface area contributed by atoms with E-state index in [1.807, 2.05) is 47.8 Å². The lowest BCUT2D eigenvalue weighted by atomic mass is 9.96. The number of benzene rings is 8. The molecule has 0 amide bonds. The normalized spacial score (nSPS) is 12.4. The first-order valence-electron chi connectivity index (χ1n) is 20.7. The van der Waals surface area contributed by atoms with Gasteiger partial charge in [0.2, 0.25) is 0 Å². The molecular weight excluding hydrogens is 747 g/mol. The van der Waals surface area contributed by atoms with Crippen LogP contribution in [0.1, 0.15) is 18.2 Å². The maximum atomic E-state index is 14.0. The lowest BCUT2D eigenvalue weighted by Gasteiger charge is -2.11. The summed E-state index contributed by atoms with van der Waals surface area (Å²) >= 11 is 0. The third kappa shape index (κ3) is 4.52. The second kappa shape index (κ2) is 12.4. The number of para-hydroxylation sites is 3. The van der Waals surface area contributed by atoms with Crippen LogP contribution in [0, 0.1) is 0 Å². The van der Waals surface area contributed by atoms with Gasteiger partial charge in [0.1, 0.15) is 11.2 Å². The Morgan fingerprint density at radius 2 is 1.18 bits per heavy atom. The molecular formula is C56H35N3O2. The van der Waals surface area contributed by atoms with Crippen molar-refractivity contribution >= 4 is 105 Å². The highest BCUT2D eigenvalue weighted by atomic mass is 16.3. The maximum Gasteiger partial charge on any atom is 0.263 e. The van der Waals surface area contributed by atoms with Crippen LogP contribution in [0.15, 0.2) is 186 Å². The van der Waals surface area contributed by atoms with Crippen LogP contribution in [-0.2, 0) is 0 Å². The molecule has 0 radical (unpaired) electrons. The van der Waals surface area contributed by atoms with E-state index in [1.54, 1.807) is 0 Å². The van der Waals surface area contributed by atoms with E-state index in [-0.39, 0.29) is 5.56 Å². The molecule has 61 heavy (non-hydrogen) atoms. The fourth-order valence-electron chi connectivity index (χ4n) is 10.3. The van der Waals surface area contributed by atoms with Crippen LogP contribution in [-0.4, -0.2) is 13.5 Å². The van der Waals surface area contributed by atoms with Gasteiger partial charge in [0.05, 0.1) is 44.4 Å². The predicted molar refractivity (Wildman–Crippen MR) is 256 cm³/mol. The fourth-order valence-corrected chi connectivity index (χ4v) is 10.3. The van der Waals surface area contributed by atoms with Gasteiger partial charge >= 0.3 is 0 Å². The summed E-state index contributed by atoms with van der Waals surface area (Å²) < 4.78 is 13.5. The Balaban J connectivity index is 1.06. The van der Waals surface area contributed by atoms with E-state index in [9.17, 15) is 4.79 Å². The quantitative estimate of drug-likeness (QED) is 0.163. The Hall–Kier alpha value is -8.15. The SMILES string of the molecule is C=Cc1c(/C=C\C)n2c(=O)c3ccccc3c3cc(-c4ccc5c(c4)oc4cccc(-n6c7ccccc7c7cc8c9ccccc9n(-c9ccccc9)c8cc76)c45)cc1c32. The monoisotopic (exact) mass is 781 g/mol. The van der Waals surface area contributed by atoms with Crippen LogP contribution in [0.2, 0.25) is 0 Å². The maximum absolute atomic E-state index is 14.0. The number of nitrogens with zero attached hydrogens (tertiary/aromatic N) is 3. The summed E-state index contributed by atoms with van der Waals surface area (Å²) in [5.74, 6) is 0.